The van der Waals surface area contributed by atoms with Crippen molar-refractivity contribution < 1.29 is 4.74 Å². The third-order valence-electron chi connectivity index (χ3n) is 6.11. The quantitative estimate of drug-likeness (QED) is 0.668. The molecule has 21 heavy (non-hydrogen) atoms. The van der Waals surface area contributed by atoms with E-state index in [1.54, 1.807) is 0 Å². The smallest absolute Gasteiger partial charge is 0.0645 e. The zero-order chi connectivity index (χ0) is 15.6. The van der Waals surface area contributed by atoms with Gasteiger partial charge in [0.15, 0.2) is 0 Å². The van der Waals surface area contributed by atoms with Crippen molar-refractivity contribution in [3.63, 3.8) is 0 Å². The topological polar surface area (TPSA) is 12.5 Å². The normalized spacial score (nSPS) is 36.8. The average molecular weight is 293 g/mol. The number of likely N-dealkylation sites (tertiary alicyclic amines) is 1. The van der Waals surface area contributed by atoms with Crippen molar-refractivity contribution in [3.8, 4) is 0 Å². The molecule has 2 aliphatic rings. The third-order valence-corrected chi connectivity index (χ3v) is 6.11. The van der Waals surface area contributed by atoms with E-state index in [2.05, 4.69) is 45.6 Å². The van der Waals surface area contributed by atoms with Crippen LogP contribution in [-0.4, -0.2) is 36.7 Å². The highest BCUT2D eigenvalue weighted by molar-refractivity contribution is 5.11. The highest BCUT2D eigenvalue weighted by Crippen LogP contribution is 2.39. The first-order chi connectivity index (χ1) is 9.99. The van der Waals surface area contributed by atoms with Crippen molar-refractivity contribution >= 4 is 0 Å². The minimum absolute atomic E-state index is 0.397. The second-order valence-electron chi connectivity index (χ2n) is 7.50. The van der Waals surface area contributed by atoms with E-state index in [0.29, 0.717) is 29.9 Å². The van der Waals surface area contributed by atoms with Crippen LogP contribution in [0.1, 0.15) is 60.3 Å². The fraction of sp³-hybridized carbons (Fsp3) is 0.895. The maximum absolute atomic E-state index is 5.86. The maximum atomic E-state index is 5.86. The van der Waals surface area contributed by atoms with Crippen molar-refractivity contribution in [2.24, 2.45) is 17.8 Å². The number of nitrogens with zero attached hydrogens (tertiary/aromatic N) is 1. The second-order valence-corrected chi connectivity index (χ2v) is 7.50. The van der Waals surface area contributed by atoms with Gasteiger partial charge in [-0.1, -0.05) is 38.8 Å². The van der Waals surface area contributed by atoms with E-state index in [-0.39, 0.29) is 0 Å². The van der Waals surface area contributed by atoms with Gasteiger partial charge in [-0.2, -0.15) is 0 Å². The summed E-state index contributed by atoms with van der Waals surface area (Å²) in [6.45, 7) is 13.1. The Labute approximate surface area is 131 Å². The van der Waals surface area contributed by atoms with Gasteiger partial charge in [-0.25, -0.2) is 0 Å². The molecule has 2 nitrogen and oxygen atoms in total. The van der Waals surface area contributed by atoms with Crippen molar-refractivity contribution in [2.45, 2.75) is 78.5 Å². The Hall–Kier alpha value is -0.340. The zero-order valence-electron chi connectivity index (χ0n) is 14.9. The molecular formula is C19H35NO. The van der Waals surface area contributed by atoms with E-state index in [4.69, 9.17) is 4.74 Å². The lowest BCUT2D eigenvalue weighted by Crippen LogP contribution is -2.56. The molecular weight excluding hydrogens is 258 g/mol. The molecule has 0 radical (unpaired) electrons. The standard InChI is InChI=1S/C19H35NO/c1-7-8-17-9-10-20(17)16(5)15(4)19-14(3)11-13(2)12-18(19)21-6/h11,14-19H,7-10,12H2,1-6H3. The van der Waals surface area contributed by atoms with E-state index in [1.165, 1.54) is 31.4 Å². The van der Waals surface area contributed by atoms with Gasteiger partial charge in [-0.05, 0) is 50.9 Å². The van der Waals surface area contributed by atoms with Crippen LogP contribution in [0, 0.1) is 17.8 Å². The number of rotatable bonds is 6. The van der Waals surface area contributed by atoms with Crippen molar-refractivity contribution in [1.82, 2.24) is 4.90 Å². The summed E-state index contributed by atoms with van der Waals surface area (Å²) in [5, 5.41) is 0. The fourth-order valence-corrected chi connectivity index (χ4v) is 4.74. The first-order valence-corrected chi connectivity index (χ1v) is 8.95. The summed E-state index contributed by atoms with van der Waals surface area (Å²) in [4.78, 5) is 2.75. The molecule has 1 fully saturated rings. The lowest BCUT2D eigenvalue weighted by molar-refractivity contribution is -0.0426. The van der Waals surface area contributed by atoms with Crippen molar-refractivity contribution in [3.05, 3.63) is 11.6 Å². The molecule has 1 aliphatic heterocycles. The predicted molar refractivity (Wildman–Crippen MR) is 90.5 cm³/mol. The molecule has 0 amide bonds. The van der Waals surface area contributed by atoms with E-state index in [1.807, 2.05) is 7.11 Å². The molecule has 2 rings (SSSR count). The molecule has 0 aromatic heterocycles. The summed E-state index contributed by atoms with van der Waals surface area (Å²) in [5.74, 6) is 1.97. The monoisotopic (exact) mass is 293 g/mol. The van der Waals surface area contributed by atoms with Gasteiger partial charge in [0, 0.05) is 25.7 Å². The molecule has 0 aromatic carbocycles. The lowest BCUT2D eigenvalue weighted by Gasteiger charge is -2.50. The van der Waals surface area contributed by atoms with Gasteiger partial charge < -0.3 is 4.74 Å². The number of hydrogen-bond acceptors (Lipinski definition) is 2. The summed E-state index contributed by atoms with van der Waals surface area (Å²) in [6, 6.07) is 1.51. The maximum Gasteiger partial charge on any atom is 0.0645 e. The van der Waals surface area contributed by atoms with Crippen LogP contribution in [0.5, 0.6) is 0 Å². The Morgan fingerprint density at radius 3 is 2.62 bits per heavy atom. The number of ether oxygens (including phenoxy) is 1. The Balaban J connectivity index is 2.05. The summed E-state index contributed by atoms with van der Waals surface area (Å²) < 4.78 is 5.86. The van der Waals surface area contributed by atoms with Crippen LogP contribution < -0.4 is 0 Å². The van der Waals surface area contributed by atoms with E-state index >= 15 is 0 Å². The van der Waals surface area contributed by atoms with Gasteiger partial charge in [-0.15, -0.1) is 0 Å². The Morgan fingerprint density at radius 2 is 2.10 bits per heavy atom. The molecule has 0 saturated carbocycles. The number of allylic oxidation sites excluding steroid dienone is 1. The molecule has 0 spiro atoms. The highest BCUT2D eigenvalue weighted by Gasteiger charge is 2.40. The average Bonchev–Trinajstić information content (AvgIpc) is 2.41. The molecule has 1 heterocycles. The summed E-state index contributed by atoms with van der Waals surface area (Å²) in [7, 11) is 1.89. The minimum Gasteiger partial charge on any atom is -0.381 e. The van der Waals surface area contributed by atoms with Gasteiger partial charge in [0.1, 0.15) is 0 Å². The fourth-order valence-electron chi connectivity index (χ4n) is 4.74. The van der Waals surface area contributed by atoms with E-state index in [9.17, 15) is 0 Å². The zero-order valence-corrected chi connectivity index (χ0v) is 14.9. The van der Waals surface area contributed by atoms with Crippen LogP contribution in [0.4, 0.5) is 0 Å². The Kier molecular flexibility index (Phi) is 5.90. The predicted octanol–water partition coefficient (Wildman–Crippen LogP) is 4.50. The van der Waals surface area contributed by atoms with Gasteiger partial charge in [-0.3, -0.25) is 4.90 Å². The molecule has 0 bridgehead atoms. The van der Waals surface area contributed by atoms with Gasteiger partial charge in [0.25, 0.3) is 0 Å². The van der Waals surface area contributed by atoms with Crippen LogP contribution in [0.3, 0.4) is 0 Å². The van der Waals surface area contributed by atoms with Crippen LogP contribution in [0.2, 0.25) is 0 Å². The summed E-state index contributed by atoms with van der Waals surface area (Å²) >= 11 is 0. The van der Waals surface area contributed by atoms with Crippen LogP contribution in [0.25, 0.3) is 0 Å². The summed E-state index contributed by atoms with van der Waals surface area (Å²) in [6.07, 6.45) is 8.06. The first kappa shape index (κ1) is 17.0. The SMILES string of the molecule is CCCC1CCN1C(C)C(C)C1C(C)C=C(C)CC1OC. The molecule has 1 aliphatic carbocycles. The molecule has 0 N–H and O–H groups in total. The molecule has 122 valence electrons. The van der Waals surface area contributed by atoms with Gasteiger partial charge >= 0.3 is 0 Å². The van der Waals surface area contributed by atoms with E-state index in [0.717, 1.165) is 12.5 Å². The summed E-state index contributed by atoms with van der Waals surface area (Å²) in [5.41, 5.74) is 1.50. The molecule has 6 atom stereocenters. The Morgan fingerprint density at radius 1 is 1.38 bits per heavy atom. The molecule has 6 unspecified atom stereocenters. The Bertz CT molecular complexity index is 365. The number of hydrogen-bond donors (Lipinski definition) is 0. The van der Waals surface area contributed by atoms with Crippen LogP contribution in [-0.2, 0) is 4.74 Å². The minimum atomic E-state index is 0.397. The molecule has 1 saturated heterocycles. The van der Waals surface area contributed by atoms with Crippen molar-refractivity contribution in [2.75, 3.05) is 13.7 Å². The molecule has 2 heteroatoms. The van der Waals surface area contributed by atoms with Crippen LogP contribution in [0.15, 0.2) is 11.6 Å². The van der Waals surface area contributed by atoms with Crippen LogP contribution >= 0.6 is 0 Å². The lowest BCUT2D eigenvalue weighted by atomic mass is 9.70. The molecule has 0 aromatic rings. The second kappa shape index (κ2) is 7.28. The largest absolute Gasteiger partial charge is 0.381 e. The van der Waals surface area contributed by atoms with Crippen molar-refractivity contribution in [1.29, 1.82) is 0 Å². The van der Waals surface area contributed by atoms with Gasteiger partial charge in [0.05, 0.1) is 6.10 Å². The number of methoxy groups -OCH3 is 1. The van der Waals surface area contributed by atoms with E-state index < -0.39 is 0 Å². The first-order valence-electron chi connectivity index (χ1n) is 8.95. The highest BCUT2D eigenvalue weighted by atomic mass is 16.5. The van der Waals surface area contributed by atoms with Gasteiger partial charge in [0.2, 0.25) is 0 Å². The third kappa shape index (κ3) is 3.53.